The maximum absolute atomic E-state index is 12.9. The van der Waals surface area contributed by atoms with E-state index < -0.39 is 34.6 Å². The molecule has 1 aliphatic carbocycles. The van der Waals surface area contributed by atoms with Crippen LogP contribution in [0.15, 0.2) is 0 Å². The Morgan fingerprint density at radius 1 is 1.08 bits per heavy atom. The van der Waals surface area contributed by atoms with Crippen LogP contribution in [0.4, 0.5) is 0 Å². The van der Waals surface area contributed by atoms with Crippen molar-refractivity contribution in [2.24, 2.45) is 22.7 Å². The van der Waals surface area contributed by atoms with Crippen molar-refractivity contribution < 1.29 is 23.9 Å². The van der Waals surface area contributed by atoms with Crippen LogP contribution in [0.2, 0.25) is 0 Å². The molecule has 0 aliphatic heterocycles. The fraction of sp³-hybridized carbons (Fsp3) is 0.722. The first-order valence-electron chi connectivity index (χ1n) is 8.43. The second-order valence-corrected chi connectivity index (χ2v) is 6.40. The minimum Gasteiger partial charge on any atom is -0.465 e. The van der Waals surface area contributed by atoms with Gasteiger partial charge in [-0.15, -0.1) is 0 Å². The topological polar surface area (TPSA) is 117 Å². The molecule has 1 saturated carbocycles. The van der Waals surface area contributed by atoms with E-state index in [-0.39, 0.29) is 31.8 Å². The van der Waals surface area contributed by atoms with Gasteiger partial charge in [0.2, 0.25) is 0 Å². The van der Waals surface area contributed by atoms with E-state index in [9.17, 15) is 24.9 Å². The SMILES string of the molecule is CCOC(=O)C1(C(=O)OCC)[C@H](C)CCC(C#N)(C#N)[C@@H]1CC(C)=O. The molecular formula is C18H24N2O5. The lowest BCUT2D eigenvalue weighted by Crippen LogP contribution is -2.60. The van der Waals surface area contributed by atoms with Gasteiger partial charge in [0.1, 0.15) is 11.2 Å². The summed E-state index contributed by atoms with van der Waals surface area (Å²) >= 11 is 0. The van der Waals surface area contributed by atoms with Gasteiger partial charge in [-0.2, -0.15) is 10.5 Å². The van der Waals surface area contributed by atoms with Crippen molar-refractivity contribution in [1.29, 1.82) is 10.5 Å². The lowest BCUT2D eigenvalue weighted by atomic mass is 9.50. The average Bonchev–Trinajstić information content (AvgIpc) is 2.56. The van der Waals surface area contributed by atoms with Crippen molar-refractivity contribution in [2.75, 3.05) is 13.2 Å². The Bertz CT molecular complexity index is 596. The van der Waals surface area contributed by atoms with Crippen LogP contribution in [0.1, 0.15) is 47.0 Å². The van der Waals surface area contributed by atoms with Gasteiger partial charge in [0, 0.05) is 12.3 Å². The van der Waals surface area contributed by atoms with Crippen molar-refractivity contribution in [3.05, 3.63) is 0 Å². The number of carbonyl (C=O) groups is 3. The van der Waals surface area contributed by atoms with Gasteiger partial charge >= 0.3 is 11.9 Å². The summed E-state index contributed by atoms with van der Waals surface area (Å²) in [5.41, 5.74) is -3.47. The lowest BCUT2D eigenvalue weighted by molar-refractivity contribution is -0.190. The van der Waals surface area contributed by atoms with Crippen LogP contribution in [0.5, 0.6) is 0 Å². The van der Waals surface area contributed by atoms with Crippen LogP contribution in [0, 0.1) is 45.3 Å². The van der Waals surface area contributed by atoms with Crippen LogP contribution in [0.3, 0.4) is 0 Å². The molecule has 1 aliphatic rings. The Kier molecular flexibility index (Phi) is 6.70. The molecule has 0 N–H and O–H groups in total. The molecule has 1 fully saturated rings. The highest BCUT2D eigenvalue weighted by Gasteiger charge is 2.67. The minimum absolute atomic E-state index is 0.0333. The first-order chi connectivity index (χ1) is 11.8. The number of rotatable bonds is 6. The highest BCUT2D eigenvalue weighted by Crippen LogP contribution is 2.56. The van der Waals surface area contributed by atoms with Crippen LogP contribution in [-0.2, 0) is 23.9 Å². The van der Waals surface area contributed by atoms with Crippen molar-refractivity contribution in [3.63, 3.8) is 0 Å². The number of hydrogen-bond acceptors (Lipinski definition) is 7. The van der Waals surface area contributed by atoms with E-state index in [1.165, 1.54) is 6.92 Å². The summed E-state index contributed by atoms with van der Waals surface area (Å²) in [5.74, 6) is -3.62. The van der Waals surface area contributed by atoms with E-state index in [0.29, 0.717) is 6.42 Å². The van der Waals surface area contributed by atoms with Gasteiger partial charge < -0.3 is 14.3 Å². The van der Waals surface area contributed by atoms with Crippen molar-refractivity contribution in [3.8, 4) is 12.1 Å². The van der Waals surface area contributed by atoms with Crippen molar-refractivity contribution >= 4 is 17.7 Å². The number of esters is 2. The van der Waals surface area contributed by atoms with Gasteiger partial charge in [0.05, 0.1) is 25.4 Å². The molecule has 2 atom stereocenters. The van der Waals surface area contributed by atoms with E-state index in [2.05, 4.69) is 0 Å². The fourth-order valence-electron chi connectivity index (χ4n) is 3.76. The molecule has 0 bridgehead atoms. The van der Waals surface area contributed by atoms with Crippen molar-refractivity contribution in [2.45, 2.75) is 47.0 Å². The van der Waals surface area contributed by atoms with E-state index in [1.807, 2.05) is 12.1 Å². The molecule has 0 saturated heterocycles. The largest absolute Gasteiger partial charge is 0.465 e. The Morgan fingerprint density at radius 3 is 1.92 bits per heavy atom. The quantitative estimate of drug-likeness (QED) is 0.533. The van der Waals surface area contributed by atoms with Gasteiger partial charge in [-0.05, 0) is 39.5 Å². The van der Waals surface area contributed by atoms with Gasteiger partial charge in [-0.3, -0.25) is 9.59 Å². The molecule has 0 aromatic heterocycles. The van der Waals surface area contributed by atoms with Crippen LogP contribution in [-0.4, -0.2) is 30.9 Å². The number of ether oxygens (including phenoxy) is 2. The second-order valence-electron chi connectivity index (χ2n) is 6.40. The minimum atomic E-state index is -1.85. The molecular weight excluding hydrogens is 324 g/mol. The van der Waals surface area contributed by atoms with Gasteiger partial charge in [-0.25, -0.2) is 0 Å². The standard InChI is InChI=1S/C18H24N2O5/c1-5-24-15(22)18(16(23)25-6-2)12(3)7-8-17(10-19,11-20)14(18)9-13(4)21/h12,14H,5-9H2,1-4H3/t12-,14+/m1/s1. The summed E-state index contributed by atoms with van der Waals surface area (Å²) in [7, 11) is 0. The molecule has 0 heterocycles. The maximum Gasteiger partial charge on any atom is 0.324 e. The molecule has 0 aromatic rings. The molecule has 0 spiro atoms. The predicted octanol–water partition coefficient (Wildman–Crippen LogP) is 2.16. The molecule has 7 heteroatoms. The van der Waals surface area contributed by atoms with Crippen LogP contribution >= 0.6 is 0 Å². The fourth-order valence-corrected chi connectivity index (χ4v) is 3.76. The molecule has 25 heavy (non-hydrogen) atoms. The van der Waals surface area contributed by atoms with E-state index >= 15 is 0 Å². The third-order valence-corrected chi connectivity index (χ3v) is 5.01. The third kappa shape index (κ3) is 3.37. The zero-order valence-corrected chi connectivity index (χ0v) is 15.1. The first-order valence-corrected chi connectivity index (χ1v) is 8.43. The zero-order chi connectivity index (χ0) is 19.3. The average molecular weight is 348 g/mol. The third-order valence-electron chi connectivity index (χ3n) is 5.01. The number of nitrogens with zero attached hydrogens (tertiary/aromatic N) is 2. The Hall–Kier alpha value is -2.41. The van der Waals surface area contributed by atoms with Gasteiger partial charge in [0.25, 0.3) is 0 Å². The number of hydrogen-bond donors (Lipinski definition) is 0. The lowest BCUT2D eigenvalue weighted by Gasteiger charge is -2.48. The monoisotopic (exact) mass is 348 g/mol. The number of ketones is 1. The highest BCUT2D eigenvalue weighted by atomic mass is 16.6. The smallest absolute Gasteiger partial charge is 0.324 e. The molecule has 0 amide bonds. The highest BCUT2D eigenvalue weighted by molar-refractivity contribution is 6.02. The number of Topliss-reactive ketones (excluding diaryl/α,β-unsaturated/α-hetero) is 1. The Labute approximate surface area is 147 Å². The molecule has 0 unspecified atom stereocenters. The number of carbonyl (C=O) groups excluding carboxylic acids is 3. The predicted molar refractivity (Wildman–Crippen MR) is 86.5 cm³/mol. The molecule has 136 valence electrons. The van der Waals surface area contributed by atoms with Crippen LogP contribution < -0.4 is 0 Å². The normalized spacial score (nSPS) is 23.6. The Balaban J connectivity index is 3.72. The van der Waals surface area contributed by atoms with Crippen LogP contribution in [0.25, 0.3) is 0 Å². The molecule has 1 rings (SSSR count). The van der Waals surface area contributed by atoms with E-state index in [4.69, 9.17) is 9.47 Å². The first kappa shape index (κ1) is 20.6. The maximum atomic E-state index is 12.9. The molecule has 0 radical (unpaired) electrons. The summed E-state index contributed by atoms with van der Waals surface area (Å²) in [6.07, 6.45) is 0.232. The second kappa shape index (κ2) is 8.11. The zero-order valence-electron chi connectivity index (χ0n) is 15.1. The summed E-state index contributed by atoms with van der Waals surface area (Å²) in [6, 6.07) is 3.93. The summed E-state index contributed by atoms with van der Waals surface area (Å²) in [4.78, 5) is 37.7. The van der Waals surface area contributed by atoms with E-state index in [1.54, 1.807) is 20.8 Å². The number of nitriles is 2. The van der Waals surface area contributed by atoms with Crippen molar-refractivity contribution in [1.82, 2.24) is 0 Å². The molecule has 7 nitrogen and oxygen atoms in total. The summed E-state index contributed by atoms with van der Waals surface area (Å²) in [5, 5.41) is 19.4. The van der Waals surface area contributed by atoms with Gasteiger partial charge in [-0.1, -0.05) is 6.92 Å². The summed E-state index contributed by atoms with van der Waals surface area (Å²) < 4.78 is 10.3. The van der Waals surface area contributed by atoms with E-state index in [0.717, 1.165) is 0 Å². The summed E-state index contributed by atoms with van der Waals surface area (Å²) in [6.45, 7) is 6.27. The molecule has 0 aromatic carbocycles. The van der Waals surface area contributed by atoms with Gasteiger partial charge in [0.15, 0.2) is 5.41 Å². The Morgan fingerprint density at radius 2 is 1.56 bits per heavy atom.